The largest absolute Gasteiger partial charge is 1.00 e. The third-order valence-corrected chi connectivity index (χ3v) is 10.8. The molecule has 4 heteroatoms. The number of hydrogen-bond donors (Lipinski definition) is 0. The van der Waals surface area contributed by atoms with E-state index in [1.807, 2.05) is 0 Å². The molecule has 288 valence electrons. The van der Waals surface area contributed by atoms with Gasteiger partial charge in [-0.05, 0) is 79.2 Å². The smallest absolute Gasteiger partial charge is 1.00 e. The van der Waals surface area contributed by atoms with E-state index in [1.54, 1.807) is 23.3 Å². The van der Waals surface area contributed by atoms with Crippen molar-refractivity contribution in [1.29, 1.82) is 0 Å². The van der Waals surface area contributed by atoms with Crippen molar-refractivity contribution in [1.82, 2.24) is 0 Å². The minimum Gasteiger partial charge on any atom is -1.00 e. The summed E-state index contributed by atoms with van der Waals surface area (Å²) in [5, 5.41) is 16.0. The molecule has 0 heterocycles. The first kappa shape index (κ1) is 43.3. The van der Waals surface area contributed by atoms with Gasteiger partial charge < -0.3 is 24.8 Å². The quantitative estimate of drug-likeness (QED) is 0.0887. The van der Waals surface area contributed by atoms with E-state index in [-0.39, 0.29) is 30.2 Å². The van der Waals surface area contributed by atoms with Crippen molar-refractivity contribution in [3.8, 4) is 22.3 Å². The van der Waals surface area contributed by atoms with Crippen LogP contribution in [0.3, 0.4) is 0 Å². The van der Waals surface area contributed by atoms with Gasteiger partial charge in [-0.3, -0.25) is 0 Å². The zero-order valence-corrected chi connectivity index (χ0v) is 38.7. The van der Waals surface area contributed by atoms with E-state index in [0.29, 0.717) is 0 Å². The second-order valence-electron chi connectivity index (χ2n) is 15.2. The maximum atomic E-state index is 2.39. The van der Waals surface area contributed by atoms with Crippen LogP contribution in [0.25, 0.3) is 86.9 Å². The van der Waals surface area contributed by atoms with Gasteiger partial charge >= 0.3 is 41.9 Å². The summed E-state index contributed by atoms with van der Waals surface area (Å²) in [6.45, 7) is 9.11. The third kappa shape index (κ3) is 8.97. The summed E-state index contributed by atoms with van der Waals surface area (Å²) < 4.78 is 0. The van der Waals surface area contributed by atoms with Gasteiger partial charge in [0, 0.05) is 0 Å². The minimum atomic E-state index is 0. The summed E-state index contributed by atoms with van der Waals surface area (Å²) in [5.41, 5.74) is 8.51. The van der Waals surface area contributed by atoms with E-state index >= 15 is 0 Å². The summed E-state index contributed by atoms with van der Waals surface area (Å²) in [7, 11) is 0. The molecule has 0 bridgehead atoms. The average Bonchev–Trinajstić information content (AvgIpc) is 3.83. The number of fused-ring (bicyclic) bond motifs is 6. The summed E-state index contributed by atoms with van der Waals surface area (Å²) >= 11 is 1.74. The first-order valence-corrected chi connectivity index (χ1v) is 26.3. The van der Waals surface area contributed by atoms with E-state index in [4.69, 9.17) is 0 Å². The fourth-order valence-corrected chi connectivity index (χ4v) is 8.50. The Balaban J connectivity index is 0.000000174. The van der Waals surface area contributed by atoms with Crippen molar-refractivity contribution in [2.45, 2.75) is 52.6 Å². The van der Waals surface area contributed by atoms with Crippen LogP contribution in [0.15, 0.2) is 170 Å². The van der Waals surface area contributed by atoms with Gasteiger partial charge in [-0.25, -0.2) is 0 Å². The van der Waals surface area contributed by atoms with Gasteiger partial charge in [0.1, 0.15) is 0 Å². The molecule has 10 aromatic carbocycles. The van der Waals surface area contributed by atoms with E-state index < -0.39 is 0 Å². The molecule has 0 saturated carbocycles. The molecule has 0 spiro atoms. The van der Waals surface area contributed by atoms with Gasteiger partial charge in [-0.1, -0.05) is 147 Å². The number of hydrogen-bond acceptors (Lipinski definition) is 0. The molecule has 0 saturated heterocycles. The van der Waals surface area contributed by atoms with Gasteiger partial charge in [0.25, 0.3) is 0 Å². The van der Waals surface area contributed by atoms with E-state index in [0.717, 1.165) is 12.8 Å². The summed E-state index contributed by atoms with van der Waals surface area (Å²) in [5.74, 6) is 0. The Morgan fingerprint density at radius 1 is 0.414 bits per heavy atom. The standard InChI is InChI=1S/2C26H21.C2H6Si.2ClH.Zr/c2*1-2-8-18-15-19-11-7-14-24(25(19)16-18)26-22-12-5-3-9-20(22)17-21-10-4-6-13-23(21)26;1-3-2;;;/h2*3-7,9-17H,2,8H2,1H3;1-2H3;2*1H;/q2*-1;;;;+2/p-2. The second kappa shape index (κ2) is 19.6. The van der Waals surface area contributed by atoms with Crippen molar-refractivity contribution in [3.05, 3.63) is 181 Å². The molecule has 0 aliphatic carbocycles. The molecule has 0 amide bonds. The van der Waals surface area contributed by atoms with Crippen LogP contribution in [0.2, 0.25) is 13.1 Å². The molecule has 0 fully saturated rings. The molecular formula is C54H48Cl2SiZr-2. The molecule has 10 rings (SSSR count). The molecule has 58 heavy (non-hydrogen) atoms. The number of benzene rings is 8. The Morgan fingerprint density at radius 3 is 1.03 bits per heavy atom. The van der Waals surface area contributed by atoms with Crippen molar-refractivity contribution < 1.29 is 48.1 Å². The van der Waals surface area contributed by atoms with Crippen LogP contribution in [0, 0.1) is 0 Å². The van der Waals surface area contributed by atoms with E-state index in [1.165, 1.54) is 111 Å². The Hall–Kier alpha value is -4.30. The Morgan fingerprint density at radius 2 is 0.724 bits per heavy atom. The van der Waals surface area contributed by atoms with Crippen LogP contribution in [0.5, 0.6) is 0 Å². The molecule has 10 aromatic rings. The molecule has 0 nitrogen and oxygen atoms in total. The molecular weight excluding hydrogens is 839 g/mol. The summed E-state index contributed by atoms with van der Waals surface area (Å²) in [6.07, 6.45) is 4.65. The van der Waals surface area contributed by atoms with Crippen LogP contribution >= 0.6 is 0 Å². The Bertz CT molecular complexity index is 2690. The molecule has 0 radical (unpaired) electrons. The van der Waals surface area contributed by atoms with Crippen LogP contribution in [-0.2, 0) is 36.2 Å². The van der Waals surface area contributed by atoms with Crippen molar-refractivity contribution in [2.24, 2.45) is 0 Å². The Labute approximate surface area is 371 Å². The Kier molecular flexibility index (Phi) is 14.7. The predicted molar refractivity (Wildman–Crippen MR) is 245 cm³/mol. The zero-order chi connectivity index (χ0) is 38.6. The maximum Gasteiger partial charge on any atom is -1.00 e. The van der Waals surface area contributed by atoms with Crippen LogP contribution in [0.4, 0.5) is 0 Å². The molecule has 0 aromatic heterocycles. The van der Waals surface area contributed by atoms with Crippen LogP contribution in [0.1, 0.15) is 37.8 Å². The van der Waals surface area contributed by atoms with Gasteiger partial charge in [0.2, 0.25) is 0 Å². The monoisotopic (exact) mass is 884 g/mol. The molecule has 0 aliphatic heterocycles. The van der Waals surface area contributed by atoms with E-state index in [9.17, 15) is 0 Å². The predicted octanol–water partition coefficient (Wildman–Crippen LogP) is 9.76. The minimum absolute atomic E-state index is 0. The number of aryl methyl sites for hydroxylation is 2. The van der Waals surface area contributed by atoms with Gasteiger partial charge in [-0.15, -0.1) is 69.1 Å². The van der Waals surface area contributed by atoms with E-state index in [2.05, 4.69) is 197 Å². The van der Waals surface area contributed by atoms with Crippen molar-refractivity contribution in [3.63, 3.8) is 0 Å². The molecule has 0 N–H and O–H groups in total. The topological polar surface area (TPSA) is 0 Å². The van der Waals surface area contributed by atoms with Gasteiger partial charge in [-0.2, -0.15) is 12.1 Å². The second-order valence-corrected chi connectivity index (χ2v) is 24.6. The number of halogens is 2. The zero-order valence-electron chi connectivity index (χ0n) is 33.8. The van der Waals surface area contributed by atoms with Gasteiger partial charge in [0.15, 0.2) is 0 Å². The SMILES string of the molecule is CCCc1cc2c(-c3c4ccccc4cc4ccccc34)cccc2[cH-]1.CCCc1cc2c(-c3c4ccccc4cc4ccccc34)cccc2[cH-]1.C[Si](C)=[Zr+2].[Cl-].[Cl-]. The molecule has 0 unspecified atom stereocenters. The number of rotatable bonds is 6. The van der Waals surface area contributed by atoms with Gasteiger partial charge in [0.05, 0.1) is 0 Å². The normalized spacial score (nSPS) is 10.9. The average molecular weight is 887 g/mol. The van der Waals surface area contributed by atoms with Crippen LogP contribution in [-0.4, -0.2) is 5.43 Å². The maximum absolute atomic E-state index is 2.39. The van der Waals surface area contributed by atoms with Crippen LogP contribution < -0.4 is 24.8 Å². The molecule has 0 aliphatic rings. The molecule has 0 atom stereocenters. The summed E-state index contributed by atoms with van der Waals surface area (Å²) in [6, 6.07) is 62.6. The fourth-order valence-electron chi connectivity index (χ4n) is 8.50. The van der Waals surface area contributed by atoms with Crippen molar-refractivity contribution >= 4 is 70.1 Å². The summed E-state index contributed by atoms with van der Waals surface area (Å²) in [4.78, 5) is 0. The first-order chi connectivity index (χ1) is 27.4. The fraction of sp³-hybridized carbons (Fsp3) is 0.148. The van der Waals surface area contributed by atoms with Crippen molar-refractivity contribution in [2.75, 3.05) is 0 Å². The third-order valence-electron chi connectivity index (χ3n) is 10.8. The first-order valence-electron chi connectivity index (χ1n) is 20.1.